The van der Waals surface area contributed by atoms with Gasteiger partial charge in [0.2, 0.25) is 0 Å². The van der Waals surface area contributed by atoms with Gasteiger partial charge in [0.05, 0.1) is 18.1 Å². The molecule has 3 aromatic rings. The molecule has 0 saturated heterocycles. The Balaban J connectivity index is 2.12. The minimum absolute atomic E-state index is 0.00253. The third-order valence-corrected chi connectivity index (χ3v) is 4.79. The van der Waals surface area contributed by atoms with Crippen LogP contribution in [0.5, 0.6) is 0 Å². The van der Waals surface area contributed by atoms with E-state index in [1.54, 1.807) is 6.92 Å². The molecule has 3 heterocycles. The van der Waals surface area contributed by atoms with Gasteiger partial charge >= 0.3 is 12.2 Å². The van der Waals surface area contributed by atoms with E-state index in [1.165, 1.54) is 24.7 Å². The first kappa shape index (κ1) is 23.5. The number of thiazole rings is 1. The summed E-state index contributed by atoms with van der Waals surface area (Å²) >= 11 is 0.749. The van der Waals surface area contributed by atoms with Crippen LogP contribution >= 0.6 is 11.3 Å². The number of nitrogens with zero attached hydrogens (tertiary/aromatic N) is 5. The first-order chi connectivity index (χ1) is 15.8. The van der Waals surface area contributed by atoms with Crippen LogP contribution in [0.1, 0.15) is 18.3 Å². The summed E-state index contributed by atoms with van der Waals surface area (Å²) in [6.45, 7) is 2.17. The fourth-order valence-electron chi connectivity index (χ4n) is 2.55. The summed E-state index contributed by atoms with van der Waals surface area (Å²) in [6, 6.07) is 0.813. The number of ether oxygens (including phenoxy) is 1. The summed E-state index contributed by atoms with van der Waals surface area (Å²) in [4.78, 5) is 38.5. The third-order valence-electron chi connectivity index (χ3n) is 3.91. The molecule has 2 amide bonds. The molecule has 15 heteroatoms. The summed E-state index contributed by atoms with van der Waals surface area (Å²) in [5.74, 6) is 4.95. The normalized spacial score (nSPS) is 11.7. The van der Waals surface area contributed by atoms with E-state index < -0.39 is 17.9 Å². The number of alkyl halides is 3. The van der Waals surface area contributed by atoms with Crippen molar-refractivity contribution in [3.05, 3.63) is 41.4 Å². The van der Waals surface area contributed by atoms with Gasteiger partial charge in [-0.1, -0.05) is 0 Å². The fraction of sp³-hybridized carbons (Fsp3) is 0.167. The van der Waals surface area contributed by atoms with Gasteiger partial charge in [-0.25, -0.2) is 19.7 Å². The Bertz CT molecular complexity index is 1200. The number of urea groups is 1. The lowest BCUT2D eigenvalue weighted by atomic mass is 10.1. The van der Waals surface area contributed by atoms with Crippen LogP contribution in [-0.2, 0) is 15.7 Å². The summed E-state index contributed by atoms with van der Waals surface area (Å²) in [5, 5.41) is 9.19. The molecule has 172 valence electrons. The molecule has 3 rings (SSSR count). The maximum atomic E-state index is 13.1. The number of hydrogen-bond donors (Lipinski definition) is 3. The molecule has 0 unspecified atom stereocenters. The first-order valence-electron chi connectivity index (χ1n) is 9.05. The number of carbonyl (C=O) groups excluding carboxylic acids is 2. The molecule has 0 atom stereocenters. The highest BCUT2D eigenvalue weighted by molar-refractivity contribution is 7.13. The van der Waals surface area contributed by atoms with Crippen molar-refractivity contribution in [3.8, 4) is 21.8 Å². The molecule has 3 aromatic heterocycles. The zero-order valence-electron chi connectivity index (χ0n) is 16.8. The van der Waals surface area contributed by atoms with E-state index in [9.17, 15) is 22.8 Å². The minimum Gasteiger partial charge on any atom is -0.406 e. The Hall–Kier alpha value is -4.14. The Morgan fingerprint density at radius 1 is 1.27 bits per heavy atom. The standard InChI is InChI=1S/C18H15F3N8O3S/c1-2-24-17(31)28-14-3-9(16-27-13(7-33-16)18(19,20)21)10(4-25-14)11-5-23-6-12(26-11)15(29-22)32-8-30/h3-8H,2,22H2,1H3,(H2,24,25,28,31)/b29-15-. The Kier molecular flexibility index (Phi) is 7.12. The lowest BCUT2D eigenvalue weighted by molar-refractivity contribution is -0.140. The Morgan fingerprint density at radius 2 is 2.06 bits per heavy atom. The first-order valence-corrected chi connectivity index (χ1v) is 9.93. The largest absolute Gasteiger partial charge is 0.434 e. The predicted molar refractivity (Wildman–Crippen MR) is 112 cm³/mol. The van der Waals surface area contributed by atoms with E-state index >= 15 is 0 Å². The summed E-state index contributed by atoms with van der Waals surface area (Å²) < 4.78 is 44.0. The van der Waals surface area contributed by atoms with Crippen molar-refractivity contribution in [1.82, 2.24) is 25.3 Å². The maximum Gasteiger partial charge on any atom is 0.434 e. The molecule has 0 bridgehead atoms. The van der Waals surface area contributed by atoms with Gasteiger partial charge in [0.1, 0.15) is 16.5 Å². The topological polar surface area (TPSA) is 157 Å². The molecule has 11 nitrogen and oxygen atoms in total. The number of nitrogens with two attached hydrogens (primary N) is 1. The molecular weight excluding hydrogens is 465 g/mol. The van der Waals surface area contributed by atoms with Gasteiger partial charge in [0.15, 0.2) is 5.69 Å². The van der Waals surface area contributed by atoms with Gasteiger partial charge in [-0.3, -0.25) is 15.1 Å². The Labute approximate surface area is 187 Å². The van der Waals surface area contributed by atoms with Crippen LogP contribution in [0.15, 0.2) is 35.1 Å². The minimum atomic E-state index is -4.64. The Morgan fingerprint density at radius 3 is 2.70 bits per heavy atom. The molecule has 0 aromatic carbocycles. The molecule has 0 aliphatic rings. The second-order valence-corrected chi connectivity index (χ2v) is 6.93. The highest BCUT2D eigenvalue weighted by Crippen LogP contribution is 2.37. The van der Waals surface area contributed by atoms with Gasteiger partial charge in [-0.15, -0.1) is 16.4 Å². The van der Waals surface area contributed by atoms with Crippen molar-refractivity contribution in [3.63, 3.8) is 0 Å². The van der Waals surface area contributed by atoms with E-state index in [4.69, 9.17) is 5.84 Å². The number of hydrogen-bond acceptors (Lipinski definition) is 10. The van der Waals surface area contributed by atoms with Crippen LogP contribution in [0.2, 0.25) is 0 Å². The van der Waals surface area contributed by atoms with Crippen molar-refractivity contribution in [1.29, 1.82) is 0 Å². The predicted octanol–water partition coefficient (Wildman–Crippen LogP) is 2.62. The molecule has 0 aliphatic carbocycles. The van der Waals surface area contributed by atoms with Crippen LogP contribution in [0.25, 0.3) is 21.8 Å². The highest BCUT2D eigenvalue weighted by atomic mass is 32.1. The number of hydrazone groups is 1. The SMILES string of the molecule is CCNC(=O)Nc1cc(-c2nc(C(F)(F)F)cs2)c(-c2cncc(/C(=N/N)OC=O)n2)cn1. The van der Waals surface area contributed by atoms with E-state index in [0.717, 1.165) is 16.7 Å². The number of nitrogens with one attached hydrogen (secondary N) is 2. The van der Waals surface area contributed by atoms with Gasteiger partial charge < -0.3 is 15.9 Å². The molecule has 33 heavy (non-hydrogen) atoms. The zero-order chi connectivity index (χ0) is 24.0. The van der Waals surface area contributed by atoms with Crippen LogP contribution in [0.3, 0.4) is 0 Å². The number of anilines is 1. The quantitative estimate of drug-likeness (QED) is 0.160. The van der Waals surface area contributed by atoms with E-state index in [0.29, 0.717) is 6.54 Å². The molecule has 4 N–H and O–H groups in total. The van der Waals surface area contributed by atoms with Crippen molar-refractivity contribution < 1.29 is 27.5 Å². The molecule has 0 radical (unpaired) electrons. The molecule has 0 spiro atoms. The van der Waals surface area contributed by atoms with Crippen LogP contribution < -0.4 is 16.5 Å². The lowest BCUT2D eigenvalue weighted by Gasteiger charge is -2.11. The molecular formula is C18H15F3N8O3S. The average molecular weight is 480 g/mol. The van der Waals surface area contributed by atoms with Crippen molar-refractivity contribution in [2.45, 2.75) is 13.1 Å². The maximum absolute atomic E-state index is 13.1. The number of halogens is 3. The summed E-state index contributed by atoms with van der Waals surface area (Å²) in [6.07, 6.45) is -0.808. The van der Waals surface area contributed by atoms with E-state index in [2.05, 4.69) is 40.4 Å². The number of pyridine rings is 1. The lowest BCUT2D eigenvalue weighted by Crippen LogP contribution is -2.28. The highest BCUT2D eigenvalue weighted by Gasteiger charge is 2.34. The second kappa shape index (κ2) is 9.99. The van der Waals surface area contributed by atoms with Crippen molar-refractivity contribution >= 4 is 35.6 Å². The van der Waals surface area contributed by atoms with Gasteiger partial charge in [0, 0.05) is 29.2 Å². The van der Waals surface area contributed by atoms with Gasteiger partial charge in [0.25, 0.3) is 12.4 Å². The number of carbonyl (C=O) groups is 2. The molecule has 0 saturated carbocycles. The van der Waals surface area contributed by atoms with Crippen LogP contribution in [0, 0.1) is 0 Å². The average Bonchev–Trinajstić information content (AvgIpc) is 3.28. The van der Waals surface area contributed by atoms with Gasteiger partial charge in [-0.2, -0.15) is 13.2 Å². The zero-order valence-corrected chi connectivity index (χ0v) is 17.6. The van der Waals surface area contributed by atoms with Gasteiger partial charge in [-0.05, 0) is 13.0 Å². The summed E-state index contributed by atoms with van der Waals surface area (Å²) in [5.41, 5.74) is -0.477. The smallest absolute Gasteiger partial charge is 0.406 e. The monoisotopic (exact) mass is 480 g/mol. The third kappa shape index (κ3) is 5.57. The van der Waals surface area contributed by atoms with E-state index in [1.807, 2.05) is 0 Å². The van der Waals surface area contributed by atoms with Crippen molar-refractivity contribution in [2.24, 2.45) is 10.9 Å². The van der Waals surface area contributed by atoms with E-state index in [-0.39, 0.29) is 45.7 Å². The molecule has 0 fully saturated rings. The number of amides is 2. The van der Waals surface area contributed by atoms with Crippen LogP contribution in [-0.4, -0.2) is 44.9 Å². The fourth-order valence-corrected chi connectivity index (χ4v) is 3.41. The van der Waals surface area contributed by atoms with Crippen LogP contribution in [0.4, 0.5) is 23.8 Å². The molecule has 0 aliphatic heterocycles. The van der Waals surface area contributed by atoms with Crippen molar-refractivity contribution in [2.75, 3.05) is 11.9 Å². The summed E-state index contributed by atoms with van der Waals surface area (Å²) in [7, 11) is 0. The number of rotatable bonds is 6. The second-order valence-electron chi connectivity index (χ2n) is 6.07. The number of aromatic nitrogens is 4.